The van der Waals surface area contributed by atoms with Gasteiger partial charge in [-0.1, -0.05) is 27.5 Å². The van der Waals surface area contributed by atoms with E-state index in [0.717, 1.165) is 15.7 Å². The average Bonchev–Trinajstić information content (AvgIpc) is 2.71. The van der Waals surface area contributed by atoms with E-state index in [1.807, 2.05) is 25.2 Å². The third-order valence-corrected chi connectivity index (χ3v) is 2.89. The molecule has 16 heavy (non-hydrogen) atoms. The van der Waals surface area contributed by atoms with Crippen LogP contribution in [0.2, 0.25) is 5.02 Å². The van der Waals surface area contributed by atoms with Crippen molar-refractivity contribution in [2.24, 2.45) is 0 Å². The van der Waals surface area contributed by atoms with Gasteiger partial charge in [-0.3, -0.25) is 0 Å². The van der Waals surface area contributed by atoms with E-state index in [0.29, 0.717) is 17.5 Å². The van der Waals surface area contributed by atoms with Crippen LogP contribution in [0.1, 0.15) is 5.69 Å². The van der Waals surface area contributed by atoms with Crippen molar-refractivity contribution < 1.29 is 4.42 Å². The number of nitrogens with one attached hydrogen (secondary N) is 1. The molecule has 2 aromatic rings. The van der Waals surface area contributed by atoms with Gasteiger partial charge in [0.15, 0.2) is 0 Å². The Kier molecular flexibility index (Phi) is 3.63. The predicted molar refractivity (Wildman–Crippen MR) is 67.4 cm³/mol. The third-order valence-electron chi connectivity index (χ3n) is 2.07. The fourth-order valence-corrected chi connectivity index (χ4v) is 1.91. The molecule has 0 aliphatic heterocycles. The van der Waals surface area contributed by atoms with E-state index in [9.17, 15) is 0 Å². The Morgan fingerprint density at radius 1 is 1.50 bits per heavy atom. The maximum Gasteiger partial charge on any atom is 0.227 e. The molecule has 0 atom stereocenters. The molecule has 0 saturated carbocycles. The van der Waals surface area contributed by atoms with Crippen LogP contribution in [-0.4, -0.2) is 12.0 Å². The second-order valence-electron chi connectivity index (χ2n) is 3.30. The number of oxazole rings is 1. The summed E-state index contributed by atoms with van der Waals surface area (Å²) in [6, 6.07) is 5.57. The van der Waals surface area contributed by atoms with Crippen molar-refractivity contribution in [2.45, 2.75) is 6.54 Å². The molecule has 0 spiro atoms. The minimum atomic E-state index is 0.538. The largest absolute Gasteiger partial charge is 0.444 e. The predicted octanol–water partition coefficient (Wildman–Crippen LogP) is 3.48. The standard InChI is InChI=1S/C11H10BrClN2O/c1-14-5-8-6-16-11(15-8)9-4-7(12)2-3-10(9)13/h2-4,6,14H,5H2,1H3. The lowest BCUT2D eigenvalue weighted by molar-refractivity contribution is 0.571. The van der Waals surface area contributed by atoms with E-state index in [1.165, 1.54) is 0 Å². The lowest BCUT2D eigenvalue weighted by Gasteiger charge is -1.99. The van der Waals surface area contributed by atoms with E-state index in [4.69, 9.17) is 16.0 Å². The van der Waals surface area contributed by atoms with E-state index < -0.39 is 0 Å². The topological polar surface area (TPSA) is 38.1 Å². The molecule has 1 aromatic heterocycles. The summed E-state index contributed by atoms with van der Waals surface area (Å²) >= 11 is 9.47. The summed E-state index contributed by atoms with van der Waals surface area (Å²) in [7, 11) is 1.86. The van der Waals surface area contributed by atoms with Crippen molar-refractivity contribution in [3.8, 4) is 11.5 Å². The van der Waals surface area contributed by atoms with Gasteiger partial charge < -0.3 is 9.73 Å². The molecule has 0 amide bonds. The molecule has 0 bridgehead atoms. The molecule has 0 fully saturated rings. The van der Waals surface area contributed by atoms with Crippen LogP contribution in [0.25, 0.3) is 11.5 Å². The van der Waals surface area contributed by atoms with Crippen LogP contribution >= 0.6 is 27.5 Å². The van der Waals surface area contributed by atoms with Crippen molar-refractivity contribution in [2.75, 3.05) is 7.05 Å². The molecule has 0 radical (unpaired) electrons. The monoisotopic (exact) mass is 300 g/mol. The van der Waals surface area contributed by atoms with Crippen LogP contribution in [0.4, 0.5) is 0 Å². The normalized spacial score (nSPS) is 10.7. The van der Waals surface area contributed by atoms with Gasteiger partial charge in [-0.15, -0.1) is 0 Å². The average molecular weight is 302 g/mol. The molecule has 0 aliphatic rings. The molecule has 3 nitrogen and oxygen atoms in total. The summed E-state index contributed by atoms with van der Waals surface area (Å²) in [5.74, 6) is 0.538. The van der Waals surface area contributed by atoms with Gasteiger partial charge in [0.2, 0.25) is 5.89 Å². The zero-order valence-electron chi connectivity index (χ0n) is 8.63. The van der Waals surface area contributed by atoms with Crippen LogP contribution in [0.3, 0.4) is 0 Å². The lowest BCUT2D eigenvalue weighted by atomic mass is 10.2. The molecule has 1 N–H and O–H groups in total. The Morgan fingerprint density at radius 3 is 3.06 bits per heavy atom. The molecule has 1 heterocycles. The van der Waals surface area contributed by atoms with Gasteiger partial charge in [-0.2, -0.15) is 0 Å². The number of aromatic nitrogens is 1. The fraction of sp³-hybridized carbons (Fsp3) is 0.182. The Hall–Kier alpha value is -0.840. The van der Waals surface area contributed by atoms with Crippen LogP contribution < -0.4 is 5.32 Å². The summed E-state index contributed by atoms with van der Waals surface area (Å²) in [5, 5.41) is 3.64. The van der Waals surface area contributed by atoms with Crippen molar-refractivity contribution in [1.82, 2.24) is 10.3 Å². The summed E-state index contributed by atoms with van der Waals surface area (Å²) in [4.78, 5) is 4.34. The molecule has 0 unspecified atom stereocenters. The smallest absolute Gasteiger partial charge is 0.227 e. The summed E-state index contributed by atoms with van der Waals surface area (Å²) in [6.07, 6.45) is 1.63. The molecule has 0 saturated heterocycles. The minimum Gasteiger partial charge on any atom is -0.444 e. The maximum atomic E-state index is 6.08. The van der Waals surface area contributed by atoms with Crippen molar-refractivity contribution in [3.05, 3.63) is 39.7 Å². The molecule has 84 valence electrons. The maximum absolute atomic E-state index is 6.08. The van der Waals surface area contributed by atoms with Gasteiger partial charge in [0.25, 0.3) is 0 Å². The van der Waals surface area contributed by atoms with E-state index in [2.05, 4.69) is 26.2 Å². The van der Waals surface area contributed by atoms with Gasteiger partial charge >= 0.3 is 0 Å². The minimum absolute atomic E-state index is 0.538. The molecule has 5 heteroatoms. The van der Waals surface area contributed by atoms with E-state index >= 15 is 0 Å². The molecular weight excluding hydrogens is 291 g/mol. The Balaban J connectivity index is 2.38. The van der Waals surface area contributed by atoms with E-state index in [1.54, 1.807) is 6.26 Å². The summed E-state index contributed by atoms with van der Waals surface area (Å²) < 4.78 is 6.33. The highest BCUT2D eigenvalue weighted by molar-refractivity contribution is 9.10. The zero-order chi connectivity index (χ0) is 11.5. The molecular formula is C11H10BrClN2O. The second-order valence-corrected chi connectivity index (χ2v) is 4.62. The molecule has 0 aliphatic carbocycles. The van der Waals surface area contributed by atoms with Crippen molar-refractivity contribution in [1.29, 1.82) is 0 Å². The van der Waals surface area contributed by atoms with Crippen molar-refractivity contribution in [3.63, 3.8) is 0 Å². The van der Waals surface area contributed by atoms with E-state index in [-0.39, 0.29) is 0 Å². The number of halogens is 2. The highest BCUT2D eigenvalue weighted by Crippen LogP contribution is 2.29. The fourth-order valence-electron chi connectivity index (χ4n) is 1.35. The van der Waals surface area contributed by atoms with Gasteiger partial charge in [0.1, 0.15) is 6.26 Å². The highest BCUT2D eigenvalue weighted by atomic mass is 79.9. The number of rotatable bonds is 3. The SMILES string of the molecule is CNCc1coc(-c2cc(Br)ccc2Cl)n1. The Morgan fingerprint density at radius 2 is 2.31 bits per heavy atom. The first-order chi connectivity index (χ1) is 7.70. The quantitative estimate of drug-likeness (QED) is 0.943. The summed E-state index contributed by atoms with van der Waals surface area (Å²) in [6.45, 7) is 0.676. The second kappa shape index (κ2) is 4.99. The van der Waals surface area contributed by atoms with Crippen LogP contribution in [0.5, 0.6) is 0 Å². The molecule has 2 rings (SSSR count). The third kappa shape index (κ3) is 2.45. The van der Waals surface area contributed by atoms with Gasteiger partial charge in [0.05, 0.1) is 16.3 Å². The first-order valence-electron chi connectivity index (χ1n) is 4.75. The first kappa shape index (κ1) is 11.6. The number of hydrogen-bond donors (Lipinski definition) is 1. The van der Waals surface area contributed by atoms with Crippen LogP contribution in [-0.2, 0) is 6.54 Å². The zero-order valence-corrected chi connectivity index (χ0v) is 11.0. The Labute approximate surface area is 107 Å². The van der Waals surface area contributed by atoms with Crippen LogP contribution in [0.15, 0.2) is 33.4 Å². The first-order valence-corrected chi connectivity index (χ1v) is 5.92. The van der Waals surface area contributed by atoms with Crippen LogP contribution in [0, 0.1) is 0 Å². The molecule has 1 aromatic carbocycles. The number of benzene rings is 1. The van der Waals surface area contributed by atoms with Gasteiger partial charge in [-0.05, 0) is 25.2 Å². The number of nitrogens with zero attached hydrogens (tertiary/aromatic N) is 1. The van der Waals surface area contributed by atoms with Gasteiger partial charge in [0, 0.05) is 11.0 Å². The summed E-state index contributed by atoms with van der Waals surface area (Å²) in [5.41, 5.74) is 1.65. The Bertz CT molecular complexity index is 498. The highest BCUT2D eigenvalue weighted by Gasteiger charge is 2.10. The van der Waals surface area contributed by atoms with Crippen molar-refractivity contribution >= 4 is 27.5 Å². The lowest BCUT2D eigenvalue weighted by Crippen LogP contribution is -2.04. The van der Waals surface area contributed by atoms with Gasteiger partial charge in [-0.25, -0.2) is 4.98 Å². The number of hydrogen-bond acceptors (Lipinski definition) is 3.